The SMILES string of the molecule is Cc1cccc([P-2])c1C.[Na+].[Na+]. The van der Waals surface area contributed by atoms with E-state index in [1.54, 1.807) is 0 Å². The molecule has 1 rings (SSSR count). The number of hydrogen-bond donors (Lipinski definition) is 0. The first-order valence-corrected chi connectivity index (χ1v) is 3.41. The van der Waals surface area contributed by atoms with Crippen molar-refractivity contribution in [3.63, 3.8) is 0 Å². The summed E-state index contributed by atoms with van der Waals surface area (Å²) in [5.74, 6) is 0. The van der Waals surface area contributed by atoms with E-state index < -0.39 is 0 Å². The Balaban J connectivity index is 0. The Morgan fingerprint density at radius 3 is 2.00 bits per heavy atom. The van der Waals surface area contributed by atoms with Gasteiger partial charge in [0.1, 0.15) is 0 Å². The molecule has 0 aromatic heterocycles. The molecule has 0 N–H and O–H groups in total. The normalized spacial score (nSPS) is 7.91. The van der Waals surface area contributed by atoms with Crippen LogP contribution in [0.4, 0.5) is 0 Å². The topological polar surface area (TPSA) is 0 Å². The summed E-state index contributed by atoms with van der Waals surface area (Å²) >= 11 is 0. The predicted octanol–water partition coefficient (Wildman–Crippen LogP) is -3.65. The third-order valence-corrected chi connectivity index (χ3v) is 2.06. The summed E-state index contributed by atoms with van der Waals surface area (Å²) in [6.45, 7) is 4.17. The van der Waals surface area contributed by atoms with Gasteiger partial charge in [-0.1, -0.05) is 17.7 Å². The average molecular weight is 182 g/mol. The average Bonchev–Trinajstić information content (AvgIpc) is 1.83. The van der Waals surface area contributed by atoms with Gasteiger partial charge in [0.15, 0.2) is 0 Å². The van der Waals surface area contributed by atoms with Gasteiger partial charge in [-0.3, -0.25) is 0 Å². The number of hydrogen-bond acceptors (Lipinski definition) is 0. The summed E-state index contributed by atoms with van der Waals surface area (Å²) in [6, 6.07) is 6.12. The minimum absolute atomic E-state index is 0. The summed E-state index contributed by atoms with van der Waals surface area (Å²) < 4.78 is 0. The third kappa shape index (κ3) is 4.43. The molecule has 0 aliphatic rings. The maximum Gasteiger partial charge on any atom is 1.00 e. The van der Waals surface area contributed by atoms with Crippen LogP contribution in [0.25, 0.3) is 0 Å². The zero-order chi connectivity index (χ0) is 6.85. The second-order valence-electron chi connectivity index (χ2n) is 2.22. The molecule has 0 fully saturated rings. The molecule has 0 heterocycles. The standard InChI is InChI=1S/C8H9P.2Na/c1-6-4-3-5-8(9)7(6)2;;/h3-5H,1-2H3;;/q-2;2*+1. The van der Waals surface area contributed by atoms with Crippen LogP contribution in [0.15, 0.2) is 18.2 Å². The van der Waals surface area contributed by atoms with E-state index in [1.807, 2.05) is 12.1 Å². The van der Waals surface area contributed by atoms with Gasteiger partial charge < -0.3 is 14.5 Å². The van der Waals surface area contributed by atoms with Crippen molar-refractivity contribution >= 4 is 14.5 Å². The smallest absolute Gasteiger partial charge is 1.00 e. The molecule has 0 saturated heterocycles. The molecule has 0 atom stereocenters. The maximum atomic E-state index is 4.27. The predicted molar refractivity (Wildman–Crippen MR) is 42.5 cm³/mol. The number of rotatable bonds is 0. The Labute approximate surface area is 115 Å². The summed E-state index contributed by atoms with van der Waals surface area (Å²) in [6.07, 6.45) is 0. The van der Waals surface area contributed by atoms with Crippen LogP contribution in [0.2, 0.25) is 0 Å². The molecule has 0 unspecified atom stereocenters. The zero-order valence-electron chi connectivity index (χ0n) is 7.68. The van der Waals surface area contributed by atoms with E-state index in [-0.39, 0.29) is 59.1 Å². The quantitative estimate of drug-likeness (QED) is 0.287. The fourth-order valence-corrected chi connectivity index (χ4v) is 0.998. The first-order chi connectivity index (χ1) is 4.22. The van der Waals surface area contributed by atoms with E-state index in [1.165, 1.54) is 11.1 Å². The van der Waals surface area contributed by atoms with E-state index >= 15 is 0 Å². The molecule has 11 heavy (non-hydrogen) atoms. The second kappa shape index (κ2) is 7.09. The van der Waals surface area contributed by atoms with E-state index in [9.17, 15) is 0 Å². The molecule has 0 spiro atoms. The molecular formula is C8H9Na2P. The first-order valence-electron chi connectivity index (χ1n) is 2.97. The van der Waals surface area contributed by atoms with Crippen LogP contribution in [-0.4, -0.2) is 0 Å². The van der Waals surface area contributed by atoms with Gasteiger partial charge in [0.25, 0.3) is 0 Å². The molecule has 0 nitrogen and oxygen atoms in total. The second-order valence-corrected chi connectivity index (χ2v) is 2.70. The molecule has 0 bridgehead atoms. The molecule has 3 heteroatoms. The van der Waals surface area contributed by atoms with Crippen LogP contribution in [0, 0.1) is 13.8 Å². The summed E-state index contributed by atoms with van der Waals surface area (Å²) in [4.78, 5) is 0. The van der Waals surface area contributed by atoms with Gasteiger partial charge in [-0.05, 0) is 13.8 Å². The van der Waals surface area contributed by atoms with Gasteiger partial charge in [0.05, 0.1) is 0 Å². The van der Waals surface area contributed by atoms with Crippen molar-refractivity contribution in [2.75, 3.05) is 0 Å². The maximum absolute atomic E-state index is 4.27. The van der Waals surface area contributed by atoms with Gasteiger partial charge in [-0.2, -0.15) is 0 Å². The minimum atomic E-state index is 0. The van der Waals surface area contributed by atoms with Gasteiger partial charge in [-0.25, -0.2) is 0 Å². The Morgan fingerprint density at radius 2 is 1.64 bits per heavy atom. The minimum Gasteiger partial charge on any atom is -1.45 e. The van der Waals surface area contributed by atoms with Crippen LogP contribution in [0.1, 0.15) is 11.1 Å². The van der Waals surface area contributed by atoms with Crippen LogP contribution in [0.5, 0.6) is 0 Å². The molecule has 1 aromatic rings. The van der Waals surface area contributed by atoms with Crippen molar-refractivity contribution in [2.24, 2.45) is 0 Å². The molecule has 0 saturated carbocycles. The van der Waals surface area contributed by atoms with E-state index in [4.69, 9.17) is 0 Å². The molecular weight excluding hydrogens is 173 g/mol. The number of benzene rings is 1. The fraction of sp³-hybridized carbons (Fsp3) is 0.250. The molecule has 1 aromatic carbocycles. The Bertz CT molecular complexity index is 203. The van der Waals surface area contributed by atoms with Gasteiger partial charge in [0.2, 0.25) is 0 Å². The van der Waals surface area contributed by atoms with Crippen molar-refractivity contribution in [3.05, 3.63) is 29.3 Å². The van der Waals surface area contributed by atoms with E-state index in [0.717, 1.165) is 5.30 Å². The Hall–Kier alpha value is 1.65. The van der Waals surface area contributed by atoms with Crippen molar-refractivity contribution in [1.82, 2.24) is 0 Å². The summed E-state index contributed by atoms with van der Waals surface area (Å²) in [5.41, 5.74) is 2.59. The van der Waals surface area contributed by atoms with Gasteiger partial charge in [-0.15, -0.1) is 11.6 Å². The van der Waals surface area contributed by atoms with Crippen molar-refractivity contribution in [2.45, 2.75) is 13.8 Å². The molecule has 0 radical (unpaired) electrons. The van der Waals surface area contributed by atoms with Gasteiger partial charge in [0, 0.05) is 0 Å². The van der Waals surface area contributed by atoms with Crippen LogP contribution in [-0.2, 0) is 0 Å². The molecule has 0 aliphatic heterocycles. The molecule has 48 valence electrons. The fourth-order valence-electron chi connectivity index (χ4n) is 0.736. The summed E-state index contributed by atoms with van der Waals surface area (Å²) in [7, 11) is 4.27. The number of aryl methyl sites for hydroxylation is 1. The summed E-state index contributed by atoms with van der Waals surface area (Å²) in [5, 5.41) is 1.08. The monoisotopic (exact) mass is 182 g/mol. The van der Waals surface area contributed by atoms with E-state index in [2.05, 4.69) is 29.2 Å². The third-order valence-electron chi connectivity index (χ3n) is 1.58. The first kappa shape index (κ1) is 15.1. The van der Waals surface area contributed by atoms with Crippen LogP contribution >= 0.6 is 9.24 Å². The van der Waals surface area contributed by atoms with Crippen molar-refractivity contribution in [1.29, 1.82) is 0 Å². The Morgan fingerprint density at radius 1 is 1.09 bits per heavy atom. The molecule has 0 amide bonds. The zero-order valence-corrected chi connectivity index (χ0v) is 12.6. The van der Waals surface area contributed by atoms with Crippen molar-refractivity contribution < 1.29 is 59.1 Å². The van der Waals surface area contributed by atoms with E-state index in [0.29, 0.717) is 0 Å². The largest absolute Gasteiger partial charge is 1.45 e. The van der Waals surface area contributed by atoms with Crippen LogP contribution < -0.4 is 64.4 Å². The molecule has 0 aliphatic carbocycles. The van der Waals surface area contributed by atoms with Crippen molar-refractivity contribution in [3.8, 4) is 0 Å². The van der Waals surface area contributed by atoms with Gasteiger partial charge >= 0.3 is 59.1 Å². The van der Waals surface area contributed by atoms with Crippen LogP contribution in [0.3, 0.4) is 0 Å². The Kier molecular flexibility index (Phi) is 9.76.